The van der Waals surface area contributed by atoms with Gasteiger partial charge >= 0.3 is 12.5 Å². The predicted octanol–water partition coefficient (Wildman–Crippen LogP) is 6.30. The van der Waals surface area contributed by atoms with E-state index in [1.54, 1.807) is 22.9 Å². The molecule has 306 valence electrons. The third-order valence-electron chi connectivity index (χ3n) is 11.7. The molecule has 0 bridgehead atoms. The Morgan fingerprint density at radius 1 is 0.966 bits per heavy atom. The molecule has 2 fully saturated rings. The molecule has 1 aliphatic carbocycles. The van der Waals surface area contributed by atoms with Crippen LogP contribution in [0.3, 0.4) is 0 Å². The van der Waals surface area contributed by atoms with Crippen molar-refractivity contribution in [3.05, 3.63) is 89.2 Å². The second kappa shape index (κ2) is 16.3. The Balaban J connectivity index is 1.04. The third-order valence-corrected chi connectivity index (χ3v) is 11.7. The smallest absolute Gasteiger partial charge is 0.357 e. The van der Waals surface area contributed by atoms with Crippen LogP contribution in [0.25, 0.3) is 11.3 Å². The number of ether oxygens (including phenoxy) is 1. The van der Waals surface area contributed by atoms with E-state index >= 15 is 0 Å². The number of urea groups is 1. The molecule has 2 saturated heterocycles. The van der Waals surface area contributed by atoms with Crippen molar-refractivity contribution in [1.82, 2.24) is 39.5 Å². The fraction of sp³-hybridized carbons (Fsp3) is 0.465. The van der Waals surface area contributed by atoms with Gasteiger partial charge in [-0.3, -0.25) is 14.1 Å². The van der Waals surface area contributed by atoms with Crippen molar-refractivity contribution in [3.63, 3.8) is 0 Å². The summed E-state index contributed by atoms with van der Waals surface area (Å²) in [5.74, 6) is 1.96. The van der Waals surface area contributed by atoms with Crippen LogP contribution < -0.4 is 20.0 Å². The van der Waals surface area contributed by atoms with Crippen molar-refractivity contribution in [2.45, 2.75) is 89.9 Å². The summed E-state index contributed by atoms with van der Waals surface area (Å²) >= 11 is 0. The van der Waals surface area contributed by atoms with Gasteiger partial charge in [-0.05, 0) is 87.5 Å². The molecule has 2 aliphatic heterocycles. The molecule has 5 aromatic rings. The number of aromatic nitrogens is 5. The molecule has 0 saturated carbocycles. The van der Waals surface area contributed by atoms with Crippen LogP contribution in [0.2, 0.25) is 0 Å². The number of piperazine rings is 1. The highest BCUT2D eigenvalue weighted by atomic mass is 16.7. The van der Waals surface area contributed by atoms with Gasteiger partial charge in [0.05, 0.1) is 23.6 Å². The first-order valence-electron chi connectivity index (χ1n) is 20.4. The number of benzene rings is 2. The number of carbonyl (C=O) groups is 2. The first kappa shape index (κ1) is 39.2. The summed E-state index contributed by atoms with van der Waals surface area (Å²) in [4.78, 5) is 38.7. The first-order valence-corrected chi connectivity index (χ1v) is 20.4. The number of nitrogens with zero attached hydrogens (tertiary/aromatic N) is 9. The summed E-state index contributed by atoms with van der Waals surface area (Å²) in [6, 6.07) is 18.2. The molecule has 5 heterocycles. The average molecular weight is 791 g/mol. The van der Waals surface area contributed by atoms with Crippen LogP contribution in [0.15, 0.2) is 66.9 Å². The first-order chi connectivity index (χ1) is 28.0. The molecular formula is C43H54N10O5. The van der Waals surface area contributed by atoms with Gasteiger partial charge in [-0.15, -0.1) is 15.3 Å². The van der Waals surface area contributed by atoms with E-state index in [0.29, 0.717) is 42.6 Å². The molecule has 8 rings (SSSR count). The molecule has 0 spiro atoms. The zero-order valence-corrected chi connectivity index (χ0v) is 34.0. The summed E-state index contributed by atoms with van der Waals surface area (Å²) in [6.45, 7) is 13.7. The van der Waals surface area contributed by atoms with Crippen molar-refractivity contribution in [3.8, 4) is 17.2 Å². The topological polar surface area (TPSA) is 146 Å². The van der Waals surface area contributed by atoms with Crippen LogP contribution in [0.4, 0.5) is 16.6 Å². The van der Waals surface area contributed by atoms with Gasteiger partial charge in [0.25, 0.3) is 0 Å². The van der Waals surface area contributed by atoms with Gasteiger partial charge in [0.1, 0.15) is 17.6 Å². The summed E-state index contributed by atoms with van der Waals surface area (Å²) in [6.07, 6.45) is 6.38. The minimum absolute atomic E-state index is 0.181. The van der Waals surface area contributed by atoms with Gasteiger partial charge in [0, 0.05) is 62.4 Å². The largest absolute Gasteiger partial charge is 0.508 e. The average Bonchev–Trinajstić information content (AvgIpc) is 3.85. The Bertz CT molecular complexity index is 2260. The number of carbonyl (C=O) groups excluding carboxylic acids is 2. The zero-order chi connectivity index (χ0) is 40.6. The summed E-state index contributed by atoms with van der Waals surface area (Å²) in [7, 11) is 2.11. The molecule has 0 unspecified atom stereocenters. The van der Waals surface area contributed by atoms with E-state index < -0.39 is 17.5 Å². The summed E-state index contributed by atoms with van der Waals surface area (Å²) < 4.78 is 10.3. The standard InChI is InChI=1S/C43H54N10O5/c1-29-10-8-9-19-50(29)41-46-45-39-18-14-32(27-51(39)41)58-37-17-15-35(33-11-6-7-12-34(33)37)44-42(56)53(57-28-54)40-25-38(43(2,3)4)47-52(40)31-13-16-36(55)30(24-31)26-49-22-20-48(5)21-23-49/h6-7,11-14,16,18,24-25,27-29,35,37,55H,8-10,15,17,19-23,26H2,1-5H3,(H,44,56)/t29-,35-,37+/m0/s1. The SMILES string of the molecule is C[C@H]1CCCCN1c1nnc2ccc(O[C@@H]3CC[C@H](NC(=O)N(OC=O)c4cc(C(C)(C)C)nn4-c4ccc(O)c(CN5CCN(C)CC5)c4)c4ccccc43)cn12. The van der Waals surface area contributed by atoms with Crippen molar-refractivity contribution in [2.24, 2.45) is 0 Å². The number of hydrogen-bond donors (Lipinski definition) is 2. The van der Waals surface area contributed by atoms with Crippen molar-refractivity contribution < 1.29 is 24.3 Å². The van der Waals surface area contributed by atoms with Crippen LogP contribution in [0.1, 0.15) is 94.3 Å². The third kappa shape index (κ3) is 8.05. The Labute approximate surface area is 339 Å². The summed E-state index contributed by atoms with van der Waals surface area (Å²) in [5.41, 5.74) is 4.30. The van der Waals surface area contributed by atoms with E-state index in [9.17, 15) is 14.7 Å². The monoisotopic (exact) mass is 790 g/mol. The van der Waals surface area contributed by atoms with E-state index in [-0.39, 0.29) is 24.1 Å². The van der Waals surface area contributed by atoms with E-state index in [0.717, 1.165) is 78.9 Å². The van der Waals surface area contributed by atoms with E-state index in [1.807, 2.05) is 73.8 Å². The van der Waals surface area contributed by atoms with Crippen LogP contribution >= 0.6 is 0 Å². The number of phenols is 1. The molecule has 3 aliphatic rings. The molecule has 15 nitrogen and oxygen atoms in total. The molecule has 15 heteroatoms. The molecule has 58 heavy (non-hydrogen) atoms. The maximum absolute atomic E-state index is 14.3. The van der Waals surface area contributed by atoms with Gasteiger partial charge in [-0.2, -0.15) is 5.10 Å². The number of rotatable bonds is 10. The number of pyridine rings is 1. The number of nitrogens with one attached hydrogen (secondary N) is 1. The quantitative estimate of drug-likeness (QED) is 0.121. The Morgan fingerprint density at radius 2 is 1.76 bits per heavy atom. The minimum atomic E-state index is -0.623. The number of aromatic hydroxyl groups is 1. The maximum atomic E-state index is 14.3. The van der Waals surface area contributed by atoms with E-state index in [4.69, 9.17) is 14.7 Å². The lowest BCUT2D eigenvalue weighted by Crippen LogP contribution is -2.44. The van der Waals surface area contributed by atoms with Crippen LogP contribution in [-0.4, -0.2) is 97.6 Å². The lowest BCUT2D eigenvalue weighted by molar-refractivity contribution is -0.129. The number of amides is 2. The summed E-state index contributed by atoms with van der Waals surface area (Å²) in [5, 5.41) is 28.9. The number of fused-ring (bicyclic) bond motifs is 2. The van der Waals surface area contributed by atoms with E-state index in [1.165, 1.54) is 6.42 Å². The zero-order valence-electron chi connectivity index (χ0n) is 34.0. The number of hydrogen-bond acceptors (Lipinski definition) is 11. The second-order valence-electron chi connectivity index (χ2n) is 16.9. The molecule has 2 amide bonds. The fourth-order valence-corrected chi connectivity index (χ4v) is 8.31. The van der Waals surface area contributed by atoms with E-state index in [2.05, 4.69) is 44.2 Å². The van der Waals surface area contributed by atoms with Crippen LogP contribution in [0.5, 0.6) is 11.5 Å². The van der Waals surface area contributed by atoms with Crippen molar-refractivity contribution in [2.75, 3.05) is 49.7 Å². The highest BCUT2D eigenvalue weighted by Crippen LogP contribution is 2.40. The van der Waals surface area contributed by atoms with Crippen LogP contribution in [-0.2, 0) is 21.6 Å². The molecule has 2 aromatic carbocycles. The second-order valence-corrected chi connectivity index (χ2v) is 16.9. The lowest BCUT2D eigenvalue weighted by atomic mass is 9.85. The predicted molar refractivity (Wildman–Crippen MR) is 220 cm³/mol. The van der Waals surface area contributed by atoms with Crippen molar-refractivity contribution in [1.29, 1.82) is 0 Å². The molecule has 3 aromatic heterocycles. The number of hydroxylamine groups is 1. The Morgan fingerprint density at radius 3 is 2.52 bits per heavy atom. The highest BCUT2D eigenvalue weighted by molar-refractivity contribution is 5.90. The Kier molecular flexibility index (Phi) is 11.0. The minimum Gasteiger partial charge on any atom is -0.508 e. The molecule has 2 N–H and O–H groups in total. The van der Waals surface area contributed by atoms with Crippen LogP contribution in [0, 0.1) is 0 Å². The maximum Gasteiger partial charge on any atom is 0.357 e. The number of phenolic OH excluding ortho intramolecular Hbond substituents is 1. The fourth-order valence-electron chi connectivity index (χ4n) is 8.31. The number of piperidine rings is 1. The van der Waals surface area contributed by atoms with Crippen molar-refractivity contribution >= 4 is 29.9 Å². The molecular weight excluding hydrogens is 737 g/mol. The highest BCUT2D eigenvalue weighted by Gasteiger charge is 2.34. The molecule has 0 radical (unpaired) electrons. The molecule has 3 atom stereocenters. The van der Waals surface area contributed by atoms with Gasteiger partial charge in [-0.25, -0.2) is 9.48 Å². The Hall–Kier alpha value is -5.67. The van der Waals surface area contributed by atoms with Gasteiger partial charge < -0.3 is 29.8 Å². The number of anilines is 2. The number of likely N-dealkylation sites (N-methyl/N-ethyl adjacent to an activating group) is 1. The normalized spacial score (nSPS) is 20.4. The van der Waals surface area contributed by atoms with Gasteiger partial charge in [0.15, 0.2) is 11.5 Å². The lowest BCUT2D eigenvalue weighted by Gasteiger charge is -2.34. The van der Waals surface area contributed by atoms with Gasteiger partial charge in [-0.1, -0.05) is 45.0 Å². The van der Waals surface area contributed by atoms with Gasteiger partial charge in [0.2, 0.25) is 5.95 Å².